The fraction of sp³-hybridized carbons (Fsp3) is 0.560. The minimum Gasteiger partial charge on any atom is -0.373 e. The average molecular weight is 470 g/mol. The van der Waals surface area contributed by atoms with Crippen LogP contribution in [0.25, 0.3) is 0 Å². The number of aromatic nitrogens is 2. The van der Waals surface area contributed by atoms with Gasteiger partial charge in [0.25, 0.3) is 0 Å². The third-order valence-electron chi connectivity index (χ3n) is 6.76. The molecule has 1 N–H and O–H groups in total. The molecule has 1 saturated heterocycles. The molecule has 2 aromatic rings. The summed E-state index contributed by atoms with van der Waals surface area (Å²) in [4.78, 5) is 33.3. The van der Waals surface area contributed by atoms with Gasteiger partial charge in [-0.05, 0) is 35.7 Å². The van der Waals surface area contributed by atoms with Crippen molar-refractivity contribution in [3.8, 4) is 0 Å². The molecule has 33 heavy (non-hydrogen) atoms. The first-order chi connectivity index (χ1) is 15.7. The Kier molecular flexibility index (Phi) is 6.93. The molecule has 8 heteroatoms. The van der Waals surface area contributed by atoms with Gasteiger partial charge in [-0.1, -0.05) is 20.4 Å². The summed E-state index contributed by atoms with van der Waals surface area (Å²) in [6.07, 6.45) is 2.59. The lowest BCUT2D eigenvalue weighted by molar-refractivity contribution is -0.135. The molecule has 4 heterocycles. The molecular weight excluding hydrogens is 434 g/mol. The fourth-order valence-electron chi connectivity index (χ4n) is 5.18. The zero-order valence-electron chi connectivity index (χ0n) is 20.1. The van der Waals surface area contributed by atoms with Crippen molar-refractivity contribution in [3.05, 3.63) is 51.9 Å². The zero-order chi connectivity index (χ0) is 23.7. The third-order valence-corrected chi connectivity index (χ3v) is 7.46. The SMILES string of the molecule is C=C1CC(n2c(C)nc3c2CCN(C(=O)C(C)C)C3)CN1CCC(NC(C)=O)c1ccsc1. The van der Waals surface area contributed by atoms with E-state index in [-0.39, 0.29) is 23.8 Å². The summed E-state index contributed by atoms with van der Waals surface area (Å²) >= 11 is 1.65. The quantitative estimate of drug-likeness (QED) is 0.669. The Labute approximate surface area is 200 Å². The number of likely N-dealkylation sites (tertiary alicyclic amines) is 1. The molecule has 2 aliphatic heterocycles. The first kappa shape index (κ1) is 23.5. The number of rotatable bonds is 7. The van der Waals surface area contributed by atoms with Gasteiger partial charge < -0.3 is 19.7 Å². The number of carbonyl (C=O) groups excluding carboxylic acids is 2. The van der Waals surface area contributed by atoms with Crippen molar-refractivity contribution in [2.24, 2.45) is 5.92 Å². The number of imidazole rings is 1. The standard InChI is InChI=1S/C25H35N5O2S/c1-16(2)25(32)29-10-7-24-23(14-29)26-18(4)30(24)21-12-17(3)28(13-21)9-6-22(27-19(5)31)20-8-11-33-15-20/h8,11,15-16,21-22H,3,6-7,9-10,12-14H2,1-2,4-5H3,(H,27,31). The van der Waals surface area contributed by atoms with Crippen LogP contribution >= 0.6 is 11.3 Å². The normalized spacial score (nSPS) is 19.2. The Hall–Kier alpha value is -2.61. The van der Waals surface area contributed by atoms with Gasteiger partial charge in [0, 0.05) is 56.7 Å². The smallest absolute Gasteiger partial charge is 0.225 e. The number of carbonyl (C=O) groups is 2. The number of hydrogen-bond acceptors (Lipinski definition) is 5. The number of nitrogens with one attached hydrogen (secondary N) is 1. The van der Waals surface area contributed by atoms with Crippen LogP contribution in [-0.2, 0) is 22.6 Å². The van der Waals surface area contributed by atoms with Crippen LogP contribution in [-0.4, -0.2) is 50.8 Å². The van der Waals surface area contributed by atoms with Gasteiger partial charge >= 0.3 is 0 Å². The van der Waals surface area contributed by atoms with Crippen molar-refractivity contribution in [2.75, 3.05) is 19.6 Å². The number of allylic oxidation sites excluding steroid dienone is 1. The molecule has 0 radical (unpaired) electrons. The summed E-state index contributed by atoms with van der Waals surface area (Å²) in [7, 11) is 0. The van der Waals surface area contributed by atoms with Crippen LogP contribution in [0.2, 0.25) is 0 Å². The van der Waals surface area contributed by atoms with Crippen LogP contribution in [0.15, 0.2) is 29.1 Å². The van der Waals surface area contributed by atoms with E-state index in [1.165, 1.54) is 5.69 Å². The highest BCUT2D eigenvalue weighted by Gasteiger charge is 2.33. The van der Waals surface area contributed by atoms with Gasteiger partial charge in [-0.2, -0.15) is 11.3 Å². The molecule has 2 aromatic heterocycles. The topological polar surface area (TPSA) is 70.5 Å². The second kappa shape index (κ2) is 9.71. The van der Waals surface area contributed by atoms with Gasteiger partial charge in [-0.15, -0.1) is 0 Å². The molecule has 178 valence electrons. The van der Waals surface area contributed by atoms with Crippen molar-refractivity contribution in [2.45, 2.75) is 65.6 Å². The highest BCUT2D eigenvalue weighted by molar-refractivity contribution is 7.08. The Morgan fingerprint density at radius 3 is 2.82 bits per heavy atom. The fourth-order valence-corrected chi connectivity index (χ4v) is 5.89. The molecular formula is C25H35N5O2S. The average Bonchev–Trinajstić information content (AvgIpc) is 3.48. The maximum Gasteiger partial charge on any atom is 0.225 e. The van der Waals surface area contributed by atoms with E-state index >= 15 is 0 Å². The Morgan fingerprint density at radius 1 is 1.36 bits per heavy atom. The summed E-state index contributed by atoms with van der Waals surface area (Å²) in [5.74, 6) is 1.23. The van der Waals surface area contributed by atoms with E-state index in [4.69, 9.17) is 4.98 Å². The first-order valence-electron chi connectivity index (χ1n) is 11.8. The second-order valence-corrected chi connectivity index (χ2v) is 10.3. The summed E-state index contributed by atoms with van der Waals surface area (Å²) in [6, 6.07) is 2.41. The van der Waals surface area contributed by atoms with Gasteiger partial charge in [-0.3, -0.25) is 9.59 Å². The van der Waals surface area contributed by atoms with Gasteiger partial charge in [0.1, 0.15) is 5.82 Å². The highest BCUT2D eigenvalue weighted by atomic mass is 32.1. The number of aryl methyl sites for hydroxylation is 1. The van der Waals surface area contributed by atoms with Crippen LogP contribution in [0.1, 0.15) is 68.5 Å². The van der Waals surface area contributed by atoms with Gasteiger partial charge in [0.05, 0.1) is 24.3 Å². The predicted octanol–water partition coefficient (Wildman–Crippen LogP) is 3.82. The molecule has 2 aliphatic rings. The second-order valence-electron chi connectivity index (χ2n) is 9.56. The van der Waals surface area contributed by atoms with E-state index in [0.717, 1.165) is 61.7 Å². The minimum absolute atomic E-state index is 0.00464. The molecule has 2 amide bonds. The highest BCUT2D eigenvalue weighted by Crippen LogP contribution is 2.34. The van der Waals surface area contributed by atoms with Crippen molar-refractivity contribution in [3.63, 3.8) is 0 Å². The van der Waals surface area contributed by atoms with Crippen molar-refractivity contribution in [1.29, 1.82) is 0 Å². The summed E-state index contributed by atoms with van der Waals surface area (Å²) in [5.41, 5.74) is 4.62. The Morgan fingerprint density at radius 2 is 2.15 bits per heavy atom. The van der Waals surface area contributed by atoms with E-state index in [9.17, 15) is 9.59 Å². The van der Waals surface area contributed by atoms with Crippen LogP contribution in [0.3, 0.4) is 0 Å². The van der Waals surface area contributed by atoms with Gasteiger partial charge in [0.2, 0.25) is 11.8 Å². The van der Waals surface area contributed by atoms with E-state index in [0.29, 0.717) is 12.6 Å². The Balaban J connectivity index is 1.44. The largest absolute Gasteiger partial charge is 0.373 e. The predicted molar refractivity (Wildman–Crippen MR) is 131 cm³/mol. The Bertz CT molecular complexity index is 1030. The number of amides is 2. The zero-order valence-corrected chi connectivity index (χ0v) is 21.0. The molecule has 2 atom stereocenters. The first-order valence-corrected chi connectivity index (χ1v) is 12.8. The maximum atomic E-state index is 12.5. The van der Waals surface area contributed by atoms with Crippen molar-refractivity contribution < 1.29 is 9.59 Å². The molecule has 1 fully saturated rings. The molecule has 0 bridgehead atoms. The lowest BCUT2D eigenvalue weighted by Gasteiger charge is -2.29. The van der Waals surface area contributed by atoms with Gasteiger partial charge in [-0.25, -0.2) is 4.98 Å². The van der Waals surface area contributed by atoms with Gasteiger partial charge in [0.15, 0.2) is 0 Å². The molecule has 4 rings (SSSR count). The van der Waals surface area contributed by atoms with Crippen LogP contribution in [0.4, 0.5) is 0 Å². The van der Waals surface area contributed by atoms with E-state index in [1.54, 1.807) is 18.3 Å². The molecule has 2 unspecified atom stereocenters. The monoisotopic (exact) mass is 469 g/mol. The van der Waals surface area contributed by atoms with Crippen LogP contribution < -0.4 is 5.32 Å². The van der Waals surface area contributed by atoms with Crippen LogP contribution in [0.5, 0.6) is 0 Å². The number of hydrogen-bond donors (Lipinski definition) is 1. The maximum absolute atomic E-state index is 12.5. The summed E-state index contributed by atoms with van der Waals surface area (Å²) in [6.45, 7) is 15.0. The van der Waals surface area contributed by atoms with E-state index in [2.05, 4.69) is 45.1 Å². The van der Waals surface area contributed by atoms with Crippen molar-refractivity contribution >= 4 is 23.2 Å². The molecule has 0 spiro atoms. The molecule has 0 aromatic carbocycles. The molecule has 7 nitrogen and oxygen atoms in total. The summed E-state index contributed by atoms with van der Waals surface area (Å²) in [5, 5.41) is 7.25. The molecule has 0 aliphatic carbocycles. The minimum atomic E-state index is -0.00464. The van der Waals surface area contributed by atoms with Crippen LogP contribution in [0, 0.1) is 12.8 Å². The molecule has 0 saturated carbocycles. The van der Waals surface area contributed by atoms with Crippen molar-refractivity contribution in [1.82, 2.24) is 24.7 Å². The van der Waals surface area contributed by atoms with E-state index in [1.807, 2.05) is 18.7 Å². The third kappa shape index (κ3) is 5.00. The lowest BCUT2D eigenvalue weighted by Crippen LogP contribution is -2.39. The lowest BCUT2D eigenvalue weighted by atomic mass is 10.1. The number of nitrogens with zero attached hydrogens (tertiary/aromatic N) is 4. The summed E-state index contributed by atoms with van der Waals surface area (Å²) < 4.78 is 2.39. The van der Waals surface area contributed by atoms with E-state index < -0.39 is 0 Å². The number of thiophene rings is 1. The number of fused-ring (bicyclic) bond motifs is 1.